The lowest BCUT2D eigenvalue weighted by Crippen LogP contribution is -2.27. The third-order valence-electron chi connectivity index (χ3n) is 2.77. The molecule has 0 fully saturated rings. The molecule has 1 atom stereocenters. The summed E-state index contributed by atoms with van der Waals surface area (Å²) in [6.07, 6.45) is 4.89. The summed E-state index contributed by atoms with van der Waals surface area (Å²) in [6.45, 7) is 0. The Morgan fingerprint density at radius 2 is 2.06 bits per heavy atom. The molecule has 3 rings (SSSR count). The van der Waals surface area contributed by atoms with E-state index in [1.54, 1.807) is 11.8 Å². The van der Waals surface area contributed by atoms with Crippen molar-refractivity contribution in [1.82, 2.24) is 0 Å². The van der Waals surface area contributed by atoms with Gasteiger partial charge in [0.1, 0.15) is 4.75 Å². The first kappa shape index (κ1) is 10.9. The Bertz CT molecular complexity index is 548. The lowest BCUT2D eigenvalue weighted by Gasteiger charge is -2.28. The highest BCUT2D eigenvalue weighted by atomic mass is 32.2. The minimum Gasteiger partial charge on any atom is -0.297 e. The molecule has 0 saturated heterocycles. The Morgan fingerprint density at radius 1 is 1.24 bits per heavy atom. The van der Waals surface area contributed by atoms with Crippen LogP contribution in [0.25, 0.3) is 0 Å². The molecular weight excluding hydrogens is 250 g/mol. The summed E-state index contributed by atoms with van der Waals surface area (Å²) in [7, 11) is 0. The van der Waals surface area contributed by atoms with Crippen LogP contribution in [0.2, 0.25) is 0 Å². The van der Waals surface area contributed by atoms with E-state index in [9.17, 15) is 4.79 Å². The van der Waals surface area contributed by atoms with Crippen molar-refractivity contribution in [3.8, 4) is 0 Å². The monoisotopic (exact) mass is 259 g/mol. The predicted molar refractivity (Wildman–Crippen MR) is 74.0 cm³/mol. The molecule has 0 aliphatic carbocycles. The van der Waals surface area contributed by atoms with Crippen molar-refractivity contribution in [2.75, 3.05) is 0 Å². The largest absolute Gasteiger partial charge is 0.297 e. The van der Waals surface area contributed by atoms with E-state index in [-0.39, 0.29) is 4.75 Å². The second-order valence-corrected chi connectivity index (χ2v) is 5.74. The summed E-state index contributed by atoms with van der Waals surface area (Å²) in [5, 5.41) is 2.04. The van der Waals surface area contributed by atoms with Gasteiger partial charge >= 0.3 is 0 Å². The average Bonchev–Trinajstić information content (AvgIpc) is 2.83. The van der Waals surface area contributed by atoms with Crippen LogP contribution in [0.4, 0.5) is 0 Å². The molecule has 0 amide bonds. The zero-order chi connectivity index (χ0) is 11.7. The Labute approximate surface area is 108 Å². The normalized spacial score (nSPS) is 26.1. The zero-order valence-corrected chi connectivity index (χ0v) is 10.5. The molecule has 2 nitrogen and oxygen atoms in total. The number of rotatable bonds is 2. The van der Waals surface area contributed by atoms with Crippen molar-refractivity contribution in [3.05, 3.63) is 58.4 Å². The van der Waals surface area contributed by atoms with Crippen molar-refractivity contribution >= 4 is 35.7 Å². The number of hydrogen-bond acceptors (Lipinski definition) is 4. The van der Waals surface area contributed by atoms with Gasteiger partial charge in [0.25, 0.3) is 0 Å². The number of nitrogens with zero attached hydrogens (tertiary/aromatic N) is 1. The summed E-state index contributed by atoms with van der Waals surface area (Å²) in [5.41, 5.74) is 2.16. The molecule has 4 heteroatoms. The van der Waals surface area contributed by atoms with Gasteiger partial charge in [-0.2, -0.15) is 0 Å². The first-order valence-electron chi connectivity index (χ1n) is 5.18. The third kappa shape index (κ3) is 1.68. The van der Waals surface area contributed by atoms with Gasteiger partial charge in [0, 0.05) is 11.9 Å². The highest BCUT2D eigenvalue weighted by Crippen LogP contribution is 2.49. The minimum atomic E-state index is -0.303. The summed E-state index contributed by atoms with van der Waals surface area (Å²) in [6, 6.07) is 10.2. The second-order valence-electron chi connectivity index (χ2n) is 3.75. The number of allylic oxidation sites excluding steroid dienone is 2. The predicted octanol–water partition coefficient (Wildman–Crippen LogP) is 3.33. The van der Waals surface area contributed by atoms with Crippen molar-refractivity contribution in [3.63, 3.8) is 0 Å². The number of benzene rings is 1. The van der Waals surface area contributed by atoms with Crippen LogP contribution in [0.1, 0.15) is 5.56 Å². The van der Waals surface area contributed by atoms with Gasteiger partial charge in [-0.15, -0.1) is 11.8 Å². The van der Waals surface area contributed by atoms with Crippen LogP contribution in [0, 0.1) is 0 Å². The van der Waals surface area contributed by atoms with E-state index in [1.165, 1.54) is 11.9 Å². The van der Waals surface area contributed by atoms with Crippen LogP contribution in [-0.4, -0.2) is 12.0 Å². The van der Waals surface area contributed by atoms with Crippen LogP contribution < -0.4 is 0 Å². The minimum absolute atomic E-state index is 0.303. The van der Waals surface area contributed by atoms with E-state index in [0.29, 0.717) is 4.91 Å². The first-order chi connectivity index (χ1) is 8.35. The Balaban J connectivity index is 2.15. The fraction of sp³-hybridized carbons (Fsp3) is 0.0769. The highest BCUT2D eigenvalue weighted by Gasteiger charge is 2.40. The van der Waals surface area contributed by atoms with E-state index in [4.69, 9.17) is 0 Å². The molecule has 0 N–H and O–H groups in total. The molecule has 1 aromatic rings. The number of thioether (sulfide) groups is 1. The van der Waals surface area contributed by atoms with Crippen molar-refractivity contribution in [2.24, 2.45) is 4.40 Å². The first-order valence-corrected chi connectivity index (χ1v) is 6.84. The van der Waals surface area contributed by atoms with Gasteiger partial charge in [-0.25, -0.2) is 4.40 Å². The molecule has 17 heavy (non-hydrogen) atoms. The molecule has 0 spiro atoms. The molecule has 0 bridgehead atoms. The van der Waals surface area contributed by atoms with Gasteiger partial charge < -0.3 is 0 Å². The van der Waals surface area contributed by atoms with Gasteiger partial charge in [-0.3, -0.25) is 4.79 Å². The Kier molecular flexibility index (Phi) is 2.68. The number of aldehydes is 1. The fourth-order valence-electron chi connectivity index (χ4n) is 1.97. The second kappa shape index (κ2) is 4.20. The number of fused-ring (bicyclic) bond motifs is 1. The van der Waals surface area contributed by atoms with E-state index < -0.39 is 0 Å². The smallest absolute Gasteiger partial charge is 0.158 e. The maximum absolute atomic E-state index is 10.9. The molecule has 0 aromatic heterocycles. The summed E-state index contributed by atoms with van der Waals surface area (Å²) < 4.78 is 4.12. The van der Waals surface area contributed by atoms with Gasteiger partial charge in [-0.05, 0) is 23.1 Å². The van der Waals surface area contributed by atoms with Gasteiger partial charge in [0.15, 0.2) is 6.29 Å². The van der Waals surface area contributed by atoms with Crippen LogP contribution in [0.15, 0.2) is 57.2 Å². The number of carbonyl (C=O) groups excluding carboxylic acids is 1. The Hall–Kier alpha value is -1.26. The van der Waals surface area contributed by atoms with Crippen LogP contribution in [0.5, 0.6) is 0 Å². The summed E-state index contributed by atoms with van der Waals surface area (Å²) in [4.78, 5) is 11.6. The van der Waals surface area contributed by atoms with Gasteiger partial charge in [0.05, 0.1) is 10.6 Å². The molecule has 0 radical (unpaired) electrons. The third-order valence-corrected chi connectivity index (χ3v) is 4.69. The average molecular weight is 259 g/mol. The lowest BCUT2D eigenvalue weighted by molar-refractivity contribution is -0.104. The molecule has 1 unspecified atom stereocenters. The lowest BCUT2D eigenvalue weighted by atomic mass is 9.92. The van der Waals surface area contributed by atoms with E-state index in [2.05, 4.69) is 16.5 Å². The van der Waals surface area contributed by atoms with Crippen LogP contribution in [0.3, 0.4) is 0 Å². The molecule has 1 aromatic carbocycles. The maximum Gasteiger partial charge on any atom is 0.158 e. The summed E-state index contributed by atoms with van der Waals surface area (Å²) >= 11 is 2.94. The molecule has 2 aliphatic heterocycles. The van der Waals surface area contributed by atoms with Crippen LogP contribution in [-0.2, 0) is 9.54 Å². The highest BCUT2D eigenvalue weighted by molar-refractivity contribution is 8.05. The van der Waals surface area contributed by atoms with Crippen molar-refractivity contribution < 1.29 is 4.79 Å². The molecular formula is C13H9NOS2. The SMILES string of the molecule is O=CC1=CC2(c3ccccc3)SC=CC2=NS1. The quantitative estimate of drug-likeness (QED) is 0.602. The molecule has 2 heterocycles. The number of hydrogen-bond donors (Lipinski definition) is 0. The Morgan fingerprint density at radius 3 is 2.82 bits per heavy atom. The molecule has 2 aliphatic rings. The maximum atomic E-state index is 10.9. The van der Waals surface area contributed by atoms with Gasteiger partial charge in [-0.1, -0.05) is 30.3 Å². The summed E-state index contributed by atoms with van der Waals surface area (Å²) in [5.74, 6) is 0. The van der Waals surface area contributed by atoms with Crippen LogP contribution >= 0.6 is 23.7 Å². The zero-order valence-electron chi connectivity index (χ0n) is 8.87. The molecule has 0 saturated carbocycles. The fourth-order valence-corrected chi connectivity index (χ4v) is 3.89. The molecule has 84 valence electrons. The van der Waals surface area contributed by atoms with E-state index in [0.717, 1.165) is 17.6 Å². The van der Waals surface area contributed by atoms with Crippen molar-refractivity contribution in [1.29, 1.82) is 0 Å². The number of carbonyl (C=O) groups is 1. The van der Waals surface area contributed by atoms with E-state index in [1.807, 2.05) is 35.8 Å². The van der Waals surface area contributed by atoms with E-state index >= 15 is 0 Å². The van der Waals surface area contributed by atoms with Crippen molar-refractivity contribution in [2.45, 2.75) is 4.75 Å². The van der Waals surface area contributed by atoms with Gasteiger partial charge in [0.2, 0.25) is 0 Å². The standard InChI is InChI=1S/C13H9NOS2/c15-9-11-8-13(10-4-2-1-3-5-10)12(14-17-11)6-7-16-13/h1-9H. The topological polar surface area (TPSA) is 29.4 Å².